The van der Waals surface area contributed by atoms with Crippen LogP contribution in [0.2, 0.25) is 0 Å². The van der Waals surface area contributed by atoms with E-state index in [9.17, 15) is 0 Å². The maximum absolute atomic E-state index is 6.20. The largest absolute Gasteiger partial charge is 0.494 e. The first-order chi connectivity index (χ1) is 59.8. The highest BCUT2D eigenvalue weighted by atomic mass is 79.9. The Kier molecular flexibility index (Phi) is 19.2. The van der Waals surface area contributed by atoms with Gasteiger partial charge in [0, 0.05) is 77.0 Å². The van der Waals surface area contributed by atoms with Crippen molar-refractivity contribution in [1.29, 1.82) is 0 Å². The fourth-order valence-electron chi connectivity index (χ4n) is 16.9. The molecule has 15 aromatic carbocycles. The molecule has 0 atom stereocenters. The highest BCUT2D eigenvalue weighted by Crippen LogP contribution is 2.42. The van der Waals surface area contributed by atoms with E-state index >= 15 is 0 Å². The number of fused-ring (bicyclic) bond motifs is 12. The van der Waals surface area contributed by atoms with Gasteiger partial charge in [-0.2, -0.15) is 0 Å². The molecule has 1 saturated heterocycles. The summed E-state index contributed by atoms with van der Waals surface area (Å²) in [6.45, 7) is 8.30. The lowest BCUT2D eigenvalue weighted by Gasteiger charge is -2.32. The average Bonchev–Trinajstić information content (AvgIpc) is 1.13. The lowest BCUT2D eigenvalue weighted by Crippen LogP contribution is -2.41. The summed E-state index contributed by atoms with van der Waals surface area (Å²) in [6, 6.07) is 134. The maximum atomic E-state index is 6.20. The van der Waals surface area contributed by atoms with E-state index in [2.05, 4.69) is 405 Å². The highest BCUT2D eigenvalue weighted by Gasteiger charge is 2.51. The van der Waals surface area contributed by atoms with Crippen LogP contribution in [0.15, 0.2) is 399 Å². The minimum atomic E-state index is -0.361. The molecular weight excluding hydrogens is 1550 g/mol. The van der Waals surface area contributed by atoms with Crippen LogP contribution in [0.3, 0.4) is 0 Å². The van der Waals surface area contributed by atoms with Crippen LogP contribution in [0, 0.1) is 0 Å². The minimum Gasteiger partial charge on any atom is -0.399 e. The number of rotatable bonds is 10. The van der Waals surface area contributed by atoms with Crippen molar-refractivity contribution < 1.29 is 9.31 Å². The molecule has 0 amide bonds. The van der Waals surface area contributed by atoms with Crippen molar-refractivity contribution in [2.45, 2.75) is 38.9 Å². The lowest BCUT2D eigenvalue weighted by molar-refractivity contribution is 0.00578. The Morgan fingerprint density at radius 1 is 0.230 bits per heavy atom. The monoisotopic (exact) mass is 1630 g/mol. The van der Waals surface area contributed by atoms with Crippen LogP contribution >= 0.6 is 15.9 Å². The van der Waals surface area contributed by atoms with Gasteiger partial charge in [0.15, 0.2) is 0 Å². The van der Waals surface area contributed by atoms with Crippen molar-refractivity contribution in [3.63, 3.8) is 0 Å². The average molecular weight is 1630 g/mol. The summed E-state index contributed by atoms with van der Waals surface area (Å²) in [4.78, 5) is 34.5. The van der Waals surface area contributed by atoms with E-state index in [0.717, 1.165) is 153 Å². The summed E-state index contributed by atoms with van der Waals surface area (Å²) in [5.74, 6) is 0. The Hall–Kier alpha value is -14.6. The topological polar surface area (TPSA) is 109 Å². The van der Waals surface area contributed by atoms with Crippen molar-refractivity contribution in [2.24, 2.45) is 0 Å². The van der Waals surface area contributed by atoms with Gasteiger partial charge in [0.05, 0.1) is 78.3 Å². The number of hydrogen-bond donors (Lipinski definition) is 0. The number of nitrogens with zero attached hydrogens (tertiary/aromatic N) is 7. The maximum Gasteiger partial charge on any atom is 0.494 e. The second kappa shape index (κ2) is 31.3. The molecule has 1 aliphatic rings. The van der Waals surface area contributed by atoms with Crippen LogP contribution in [0.4, 0.5) is 0 Å². The third-order valence-electron chi connectivity index (χ3n) is 24.2. The van der Waals surface area contributed by atoms with Crippen LogP contribution < -0.4 is 5.46 Å². The normalized spacial score (nSPS) is 13.0. The molecule has 7 aromatic heterocycles. The number of hydrogen-bond acceptors (Lipinski definition) is 9. The van der Waals surface area contributed by atoms with Gasteiger partial charge >= 0.3 is 7.12 Å². The fourth-order valence-corrected chi connectivity index (χ4v) is 17.3. The third-order valence-corrected chi connectivity index (χ3v) is 24.7. The highest BCUT2D eigenvalue weighted by molar-refractivity contribution is 9.10. The summed E-state index contributed by atoms with van der Waals surface area (Å²) in [5.41, 5.74) is 26.9. The summed E-state index contributed by atoms with van der Waals surface area (Å²) >= 11 is 3.55. The first-order valence-electron chi connectivity index (χ1n) is 41.2. The standard InChI is InChI=1S/C53H33N3.C31H18BrN3.C27H26BNO2/c1-2-7-34(8-3-1)35-12-14-36(15-13-35)49-28-24-44-33-42(23-27-50(44)55-49)39-18-19-41-32-43(21-20-40(41)31-39)45-25-26-48(47-11-5-4-10-46(45)47)51-29-22-38-17-16-37-9-6-30-54-52(37)53(38)56-51;32-22-11-16-27-21(18-22)10-15-28(34-27)25-12-13-26(24-6-2-1-5-23(24)25)29-14-9-20-8-7-19-4-3-17-33-30(19)31(20)35-29;1-26(2)27(3,4)31-28(30-26)23-15-17-25-22(18-23)14-16-24(29-25)21-12-10-20(11-13-21)19-8-6-5-7-9-19/h1-33H;1-18H;5-18H,1-4H3. The zero-order chi connectivity index (χ0) is 82.0. The van der Waals surface area contributed by atoms with Crippen LogP contribution in [0.1, 0.15) is 27.7 Å². The van der Waals surface area contributed by atoms with Crippen molar-refractivity contribution in [3.8, 4) is 101 Å². The van der Waals surface area contributed by atoms with Crippen molar-refractivity contribution in [3.05, 3.63) is 399 Å². The molecular formula is C111H77BBrN7O2. The Bertz CT molecular complexity index is 7850. The summed E-state index contributed by atoms with van der Waals surface area (Å²) < 4.78 is 13.4. The molecule has 1 aliphatic heterocycles. The smallest absolute Gasteiger partial charge is 0.399 e. The van der Waals surface area contributed by atoms with Crippen LogP contribution in [0.5, 0.6) is 0 Å². The minimum absolute atomic E-state index is 0.347. The molecule has 11 heteroatoms. The molecule has 0 N–H and O–H groups in total. The van der Waals surface area contributed by atoms with E-state index < -0.39 is 0 Å². The fraction of sp³-hybridized carbons (Fsp3) is 0.0541. The third kappa shape index (κ3) is 14.4. The van der Waals surface area contributed by atoms with Gasteiger partial charge in [-0.1, -0.05) is 307 Å². The Morgan fingerprint density at radius 3 is 1.06 bits per heavy atom. The van der Waals surface area contributed by atoms with E-state index in [1.807, 2.05) is 42.7 Å². The molecule has 0 aliphatic carbocycles. The molecule has 0 radical (unpaired) electrons. The molecule has 23 rings (SSSR count). The molecule has 122 heavy (non-hydrogen) atoms. The van der Waals surface area contributed by atoms with Gasteiger partial charge in [-0.15, -0.1) is 0 Å². The first-order valence-corrected chi connectivity index (χ1v) is 42.0. The van der Waals surface area contributed by atoms with E-state index in [1.165, 1.54) is 66.1 Å². The van der Waals surface area contributed by atoms with Gasteiger partial charge in [-0.25, -0.2) is 24.9 Å². The van der Waals surface area contributed by atoms with E-state index in [1.54, 1.807) is 0 Å². The number of halogens is 1. The lowest BCUT2D eigenvalue weighted by atomic mass is 9.78. The molecule has 578 valence electrons. The Balaban J connectivity index is 0.000000120. The Labute approximate surface area is 715 Å². The summed E-state index contributed by atoms with van der Waals surface area (Å²) in [7, 11) is -0.361. The van der Waals surface area contributed by atoms with Gasteiger partial charge < -0.3 is 9.31 Å². The number of aromatic nitrogens is 7. The van der Waals surface area contributed by atoms with Crippen molar-refractivity contribution >= 4 is 137 Å². The summed E-state index contributed by atoms with van der Waals surface area (Å²) in [6.07, 6.45) is 3.67. The van der Waals surface area contributed by atoms with Gasteiger partial charge in [0.2, 0.25) is 0 Å². The van der Waals surface area contributed by atoms with Crippen molar-refractivity contribution in [1.82, 2.24) is 34.9 Å². The Morgan fingerprint density at radius 2 is 0.557 bits per heavy atom. The molecule has 1 fully saturated rings. The molecule has 0 saturated carbocycles. The van der Waals surface area contributed by atoms with Gasteiger partial charge in [0.1, 0.15) is 0 Å². The predicted octanol–water partition coefficient (Wildman–Crippen LogP) is 28.4. The van der Waals surface area contributed by atoms with Gasteiger partial charge in [-0.05, 0) is 206 Å². The second-order valence-corrected chi connectivity index (χ2v) is 33.2. The van der Waals surface area contributed by atoms with Gasteiger partial charge in [0.25, 0.3) is 0 Å². The zero-order valence-corrected chi connectivity index (χ0v) is 69.0. The van der Waals surface area contributed by atoms with Crippen molar-refractivity contribution in [2.75, 3.05) is 0 Å². The SMILES string of the molecule is Brc1ccc2nc(-c3ccc(-c4ccc5ccc6cccnc6c5n4)c4ccccc34)ccc2c1.CC1(C)OB(c2ccc3nc(-c4ccc(-c5ccccc5)cc4)ccc3c2)OC1(C)C.c1ccc(-c2ccc(-c3ccc4cc(-c5ccc6cc(-c7ccc(-c8ccc9ccc%10cccnc%10c9n8)c8ccccc78)ccc6c5)ccc4n3)cc2)cc1. The molecule has 22 aromatic rings. The predicted molar refractivity (Wildman–Crippen MR) is 511 cm³/mol. The van der Waals surface area contributed by atoms with Crippen LogP contribution in [-0.4, -0.2) is 53.2 Å². The second-order valence-electron chi connectivity index (χ2n) is 32.3. The van der Waals surface area contributed by atoms with Crippen LogP contribution in [-0.2, 0) is 9.31 Å². The molecule has 0 spiro atoms. The molecule has 9 nitrogen and oxygen atoms in total. The van der Waals surface area contributed by atoms with Gasteiger partial charge in [-0.3, -0.25) is 9.97 Å². The molecule has 0 unspecified atom stereocenters. The van der Waals surface area contributed by atoms with E-state index in [4.69, 9.17) is 34.2 Å². The van der Waals surface area contributed by atoms with E-state index in [-0.39, 0.29) is 18.3 Å². The van der Waals surface area contributed by atoms with Crippen LogP contribution in [0.25, 0.3) is 209 Å². The first kappa shape index (κ1) is 74.9. The molecule has 0 bridgehead atoms. The number of pyridine rings is 7. The zero-order valence-electron chi connectivity index (χ0n) is 67.4. The number of benzene rings is 15. The summed E-state index contributed by atoms with van der Waals surface area (Å²) in [5, 5.41) is 14.8. The van der Waals surface area contributed by atoms with E-state index in [0.29, 0.717) is 0 Å². The molecule has 8 heterocycles. The quantitative estimate of drug-likeness (QED) is 0.0977.